The molecule has 2 aromatic rings. The Morgan fingerprint density at radius 2 is 1.71 bits per heavy atom. The van der Waals surface area contributed by atoms with Gasteiger partial charge in [0, 0.05) is 11.5 Å². The van der Waals surface area contributed by atoms with Crippen LogP contribution in [0.15, 0.2) is 48.5 Å². The van der Waals surface area contributed by atoms with Crippen molar-refractivity contribution in [2.24, 2.45) is 0 Å². The number of phenols is 1. The highest BCUT2D eigenvalue weighted by molar-refractivity contribution is 5.46. The number of hydrogen-bond acceptors (Lipinski definition) is 1. The fraction of sp³-hybridized carbons (Fsp3) is 0.250. The van der Waals surface area contributed by atoms with Gasteiger partial charge in [0.1, 0.15) is 5.75 Å². The molecule has 1 unspecified atom stereocenters. The van der Waals surface area contributed by atoms with E-state index >= 15 is 0 Å². The summed E-state index contributed by atoms with van der Waals surface area (Å²) < 4.78 is 0. The Morgan fingerprint density at radius 3 is 2.35 bits per heavy atom. The Kier molecular flexibility index (Phi) is 3.48. The molecule has 0 bridgehead atoms. The zero-order chi connectivity index (χ0) is 12.3. The first-order valence-corrected chi connectivity index (χ1v) is 6.09. The van der Waals surface area contributed by atoms with Crippen LogP contribution in [0.3, 0.4) is 0 Å². The lowest BCUT2D eigenvalue weighted by molar-refractivity contribution is 0.465. The summed E-state index contributed by atoms with van der Waals surface area (Å²) in [4.78, 5) is 0. The Bertz CT molecular complexity index is 488. The molecule has 0 aliphatic rings. The summed E-state index contributed by atoms with van der Waals surface area (Å²) in [5.41, 5.74) is 3.52. The molecule has 1 N–H and O–H groups in total. The molecule has 2 rings (SSSR count). The van der Waals surface area contributed by atoms with Crippen molar-refractivity contribution >= 4 is 0 Å². The first kappa shape index (κ1) is 11.7. The topological polar surface area (TPSA) is 20.2 Å². The van der Waals surface area contributed by atoms with Crippen LogP contribution in [0.5, 0.6) is 5.75 Å². The molecule has 17 heavy (non-hydrogen) atoms. The molecule has 88 valence electrons. The van der Waals surface area contributed by atoms with Gasteiger partial charge in [0.05, 0.1) is 0 Å². The molecule has 0 amide bonds. The molecule has 1 heteroatoms. The van der Waals surface area contributed by atoms with E-state index in [-0.39, 0.29) is 5.92 Å². The van der Waals surface area contributed by atoms with Gasteiger partial charge in [-0.2, -0.15) is 0 Å². The largest absolute Gasteiger partial charge is 0.508 e. The first-order valence-electron chi connectivity index (χ1n) is 6.09. The van der Waals surface area contributed by atoms with E-state index in [1.54, 1.807) is 6.07 Å². The molecule has 2 aromatic carbocycles. The summed E-state index contributed by atoms with van der Waals surface area (Å²) in [5.74, 6) is 0.632. The molecule has 1 nitrogen and oxygen atoms in total. The smallest absolute Gasteiger partial charge is 0.119 e. The standard InChI is InChI=1S/C16H18O/c1-3-13-10-7-11-15(17)16(13)12(2)14-8-5-4-6-9-14/h4-12,17H,3H2,1-2H3. The average molecular weight is 226 g/mol. The predicted molar refractivity (Wildman–Crippen MR) is 71.4 cm³/mol. The van der Waals surface area contributed by atoms with Crippen LogP contribution < -0.4 is 0 Å². The number of aromatic hydroxyl groups is 1. The van der Waals surface area contributed by atoms with Gasteiger partial charge in [-0.1, -0.05) is 56.3 Å². The number of hydrogen-bond donors (Lipinski definition) is 1. The second kappa shape index (κ2) is 5.05. The first-order chi connectivity index (χ1) is 8.24. The summed E-state index contributed by atoms with van der Waals surface area (Å²) in [7, 11) is 0. The van der Waals surface area contributed by atoms with Gasteiger partial charge in [0.25, 0.3) is 0 Å². The van der Waals surface area contributed by atoms with Gasteiger partial charge >= 0.3 is 0 Å². The molecule has 0 saturated carbocycles. The fourth-order valence-corrected chi connectivity index (χ4v) is 2.32. The van der Waals surface area contributed by atoms with Crippen molar-refractivity contribution in [2.75, 3.05) is 0 Å². The van der Waals surface area contributed by atoms with E-state index in [2.05, 4.69) is 32.0 Å². The van der Waals surface area contributed by atoms with Gasteiger partial charge in [-0.3, -0.25) is 0 Å². The minimum atomic E-state index is 0.229. The zero-order valence-electron chi connectivity index (χ0n) is 10.4. The van der Waals surface area contributed by atoms with Crippen molar-refractivity contribution < 1.29 is 5.11 Å². The summed E-state index contributed by atoms with van der Waals surface area (Å²) in [5, 5.41) is 10.1. The molecule has 0 spiro atoms. The van der Waals surface area contributed by atoms with Gasteiger partial charge in [-0.15, -0.1) is 0 Å². The third-order valence-electron chi connectivity index (χ3n) is 3.29. The van der Waals surface area contributed by atoms with Crippen LogP contribution in [0.25, 0.3) is 0 Å². The Hall–Kier alpha value is -1.76. The predicted octanol–water partition coefficient (Wildman–Crippen LogP) is 4.11. The van der Waals surface area contributed by atoms with Gasteiger partial charge in [-0.05, 0) is 23.6 Å². The fourth-order valence-electron chi connectivity index (χ4n) is 2.32. The highest BCUT2D eigenvalue weighted by Crippen LogP contribution is 2.33. The van der Waals surface area contributed by atoms with Gasteiger partial charge in [0.2, 0.25) is 0 Å². The molecule has 0 saturated heterocycles. The molecule has 0 aliphatic carbocycles. The number of benzene rings is 2. The summed E-state index contributed by atoms with van der Waals surface area (Å²) in [6.07, 6.45) is 0.945. The molecular weight excluding hydrogens is 208 g/mol. The zero-order valence-corrected chi connectivity index (χ0v) is 10.4. The van der Waals surface area contributed by atoms with E-state index in [1.165, 1.54) is 11.1 Å². The van der Waals surface area contributed by atoms with Crippen LogP contribution in [0, 0.1) is 0 Å². The number of phenolic OH excluding ortho intramolecular Hbond substituents is 1. The van der Waals surface area contributed by atoms with E-state index in [0.29, 0.717) is 5.75 Å². The van der Waals surface area contributed by atoms with Gasteiger partial charge in [0.15, 0.2) is 0 Å². The molecular formula is C16H18O. The van der Waals surface area contributed by atoms with Crippen molar-refractivity contribution in [1.29, 1.82) is 0 Å². The van der Waals surface area contributed by atoms with Gasteiger partial charge in [-0.25, -0.2) is 0 Å². The molecule has 1 atom stereocenters. The lowest BCUT2D eigenvalue weighted by Gasteiger charge is -2.17. The molecule has 0 fully saturated rings. The van der Waals surface area contributed by atoms with E-state index in [4.69, 9.17) is 0 Å². The third kappa shape index (κ3) is 2.33. The molecule has 0 heterocycles. The quantitative estimate of drug-likeness (QED) is 0.835. The van der Waals surface area contributed by atoms with Crippen LogP contribution in [-0.4, -0.2) is 5.11 Å². The second-order valence-electron chi connectivity index (χ2n) is 4.34. The van der Waals surface area contributed by atoms with Crippen molar-refractivity contribution in [2.45, 2.75) is 26.2 Å². The minimum absolute atomic E-state index is 0.229. The molecule has 0 aliphatic heterocycles. The lowest BCUT2D eigenvalue weighted by atomic mass is 9.88. The average Bonchev–Trinajstić information content (AvgIpc) is 2.38. The van der Waals surface area contributed by atoms with Crippen LogP contribution >= 0.6 is 0 Å². The Morgan fingerprint density at radius 1 is 1.00 bits per heavy atom. The molecule has 0 radical (unpaired) electrons. The highest BCUT2D eigenvalue weighted by Gasteiger charge is 2.15. The number of rotatable bonds is 3. The van der Waals surface area contributed by atoms with Crippen LogP contribution in [0.1, 0.15) is 36.5 Å². The maximum atomic E-state index is 10.1. The Labute approximate surface area is 103 Å². The van der Waals surface area contributed by atoms with Crippen LogP contribution in [0.2, 0.25) is 0 Å². The van der Waals surface area contributed by atoms with E-state index in [0.717, 1.165) is 12.0 Å². The van der Waals surface area contributed by atoms with Crippen molar-refractivity contribution in [3.63, 3.8) is 0 Å². The summed E-state index contributed by atoms with van der Waals surface area (Å²) in [6, 6.07) is 16.1. The third-order valence-corrected chi connectivity index (χ3v) is 3.29. The van der Waals surface area contributed by atoms with Crippen LogP contribution in [-0.2, 0) is 6.42 Å². The van der Waals surface area contributed by atoms with Gasteiger partial charge < -0.3 is 5.11 Å². The molecule has 0 aromatic heterocycles. The second-order valence-corrected chi connectivity index (χ2v) is 4.34. The Balaban J connectivity index is 2.47. The normalized spacial score (nSPS) is 12.4. The van der Waals surface area contributed by atoms with Crippen LogP contribution in [0.4, 0.5) is 0 Å². The van der Waals surface area contributed by atoms with Crippen molar-refractivity contribution in [1.82, 2.24) is 0 Å². The highest BCUT2D eigenvalue weighted by atomic mass is 16.3. The summed E-state index contributed by atoms with van der Waals surface area (Å²) in [6.45, 7) is 4.26. The summed E-state index contributed by atoms with van der Waals surface area (Å²) >= 11 is 0. The van der Waals surface area contributed by atoms with E-state index in [9.17, 15) is 5.11 Å². The maximum Gasteiger partial charge on any atom is 0.119 e. The maximum absolute atomic E-state index is 10.1. The monoisotopic (exact) mass is 226 g/mol. The number of aryl methyl sites for hydroxylation is 1. The van der Waals surface area contributed by atoms with E-state index < -0.39 is 0 Å². The SMILES string of the molecule is CCc1cccc(O)c1C(C)c1ccccc1. The minimum Gasteiger partial charge on any atom is -0.508 e. The van der Waals surface area contributed by atoms with Crippen molar-refractivity contribution in [3.8, 4) is 5.75 Å². The lowest BCUT2D eigenvalue weighted by Crippen LogP contribution is -2.01. The van der Waals surface area contributed by atoms with Crippen molar-refractivity contribution in [3.05, 3.63) is 65.2 Å². The van der Waals surface area contributed by atoms with E-state index in [1.807, 2.05) is 24.3 Å².